The van der Waals surface area contributed by atoms with Gasteiger partial charge in [0.1, 0.15) is 5.75 Å². The monoisotopic (exact) mass is 498 g/mol. The van der Waals surface area contributed by atoms with Crippen molar-refractivity contribution in [2.45, 2.75) is 49.7 Å². The molecule has 1 aliphatic heterocycles. The van der Waals surface area contributed by atoms with Crippen LogP contribution in [0.25, 0.3) is 10.9 Å². The van der Waals surface area contributed by atoms with Gasteiger partial charge in [-0.15, -0.1) is 23.1 Å². The van der Waals surface area contributed by atoms with Crippen LogP contribution >= 0.6 is 23.1 Å². The standard InChI is InChI=1S/C27H34N2O3S2/c1-20-19-28-24-8-7-21(32-2)17-23(24)22(20)5-3-9-27(18-25(30)31)10-12-29(13-11-27)14-16-34-26-6-4-15-33-26/h4,6-8,15,17,19H,3,5,9-14,16,18H2,1-2H3,(H,30,31). The van der Waals surface area contributed by atoms with Gasteiger partial charge in [0.25, 0.3) is 0 Å². The fourth-order valence-electron chi connectivity index (χ4n) is 5.13. The first-order valence-electron chi connectivity index (χ1n) is 12.0. The molecule has 3 aromatic rings. The van der Waals surface area contributed by atoms with Gasteiger partial charge in [0, 0.05) is 23.9 Å². The van der Waals surface area contributed by atoms with Crippen LogP contribution < -0.4 is 4.74 Å². The topological polar surface area (TPSA) is 62.7 Å². The highest BCUT2D eigenvalue weighted by molar-refractivity contribution is 8.01. The van der Waals surface area contributed by atoms with Crippen LogP contribution in [0.15, 0.2) is 46.1 Å². The van der Waals surface area contributed by atoms with Crippen LogP contribution in [0.5, 0.6) is 5.75 Å². The molecule has 1 aromatic carbocycles. The van der Waals surface area contributed by atoms with Crippen LogP contribution in [0, 0.1) is 12.3 Å². The second-order valence-electron chi connectivity index (χ2n) is 9.35. The molecule has 5 nitrogen and oxygen atoms in total. The van der Waals surface area contributed by atoms with Crippen LogP contribution in [-0.2, 0) is 11.2 Å². The highest BCUT2D eigenvalue weighted by Gasteiger charge is 2.36. The summed E-state index contributed by atoms with van der Waals surface area (Å²) in [6, 6.07) is 10.3. The molecule has 1 aliphatic rings. The maximum atomic E-state index is 11.8. The van der Waals surface area contributed by atoms with E-state index >= 15 is 0 Å². The summed E-state index contributed by atoms with van der Waals surface area (Å²) < 4.78 is 6.81. The highest BCUT2D eigenvalue weighted by Crippen LogP contribution is 2.40. The fourth-order valence-corrected chi connectivity index (χ4v) is 7.00. The molecule has 1 N–H and O–H groups in total. The summed E-state index contributed by atoms with van der Waals surface area (Å²) >= 11 is 3.71. The van der Waals surface area contributed by atoms with Gasteiger partial charge in [-0.05, 0) is 98.3 Å². The quantitative estimate of drug-likeness (QED) is 0.314. The molecule has 0 aliphatic carbocycles. The minimum Gasteiger partial charge on any atom is -0.497 e. The zero-order valence-corrected chi connectivity index (χ0v) is 21.7. The van der Waals surface area contributed by atoms with Crippen molar-refractivity contribution in [1.82, 2.24) is 9.88 Å². The lowest BCUT2D eigenvalue weighted by Crippen LogP contribution is -2.42. The Kier molecular flexibility index (Phi) is 8.51. The van der Waals surface area contributed by atoms with Crippen LogP contribution in [0.3, 0.4) is 0 Å². The molecule has 0 spiro atoms. The van der Waals surface area contributed by atoms with Crippen LogP contribution in [-0.4, -0.2) is 53.5 Å². The van der Waals surface area contributed by atoms with Crippen molar-refractivity contribution < 1.29 is 14.6 Å². The number of rotatable bonds is 11. The van der Waals surface area contributed by atoms with E-state index in [1.54, 1.807) is 18.4 Å². The number of hydrogen-bond acceptors (Lipinski definition) is 6. The molecule has 3 heterocycles. The number of methoxy groups -OCH3 is 1. The zero-order chi connectivity index (χ0) is 24.0. The van der Waals surface area contributed by atoms with Crippen LogP contribution in [0.2, 0.25) is 0 Å². The Balaban J connectivity index is 1.36. The lowest BCUT2D eigenvalue weighted by atomic mass is 9.72. The molecule has 1 fully saturated rings. The number of likely N-dealkylation sites (tertiary alicyclic amines) is 1. The predicted molar refractivity (Wildman–Crippen MR) is 141 cm³/mol. The first-order valence-corrected chi connectivity index (χ1v) is 13.9. The maximum Gasteiger partial charge on any atom is 0.303 e. The lowest BCUT2D eigenvalue weighted by Gasteiger charge is -2.41. The summed E-state index contributed by atoms with van der Waals surface area (Å²) in [6.45, 7) is 5.16. The predicted octanol–water partition coefficient (Wildman–Crippen LogP) is 6.29. The second-order valence-corrected chi connectivity index (χ2v) is 11.7. The summed E-state index contributed by atoms with van der Waals surface area (Å²) in [4.78, 5) is 18.8. The number of aliphatic carboxylic acids is 1. The van der Waals surface area contributed by atoms with E-state index < -0.39 is 5.97 Å². The Morgan fingerprint density at radius 2 is 2.12 bits per heavy atom. The molecule has 34 heavy (non-hydrogen) atoms. The molecule has 0 unspecified atom stereocenters. The smallest absolute Gasteiger partial charge is 0.303 e. The van der Waals surface area contributed by atoms with Gasteiger partial charge >= 0.3 is 5.97 Å². The number of carboxylic acid groups (broad SMARTS) is 1. The minimum absolute atomic E-state index is 0.0995. The third kappa shape index (κ3) is 6.32. The van der Waals surface area contributed by atoms with Gasteiger partial charge in [0.2, 0.25) is 0 Å². The number of thioether (sulfide) groups is 1. The van der Waals surface area contributed by atoms with Gasteiger partial charge in [-0.1, -0.05) is 6.07 Å². The lowest BCUT2D eigenvalue weighted by molar-refractivity contribution is -0.140. The number of thiophene rings is 1. The highest BCUT2D eigenvalue weighted by atomic mass is 32.2. The minimum atomic E-state index is -0.669. The number of carboxylic acids is 1. The Bertz CT molecular complexity index is 1090. The normalized spacial score (nSPS) is 16.1. The van der Waals surface area contributed by atoms with E-state index in [9.17, 15) is 9.90 Å². The molecule has 1 saturated heterocycles. The van der Waals surface area contributed by atoms with E-state index in [1.165, 1.54) is 15.3 Å². The van der Waals surface area contributed by atoms with Crippen LogP contribution in [0.4, 0.5) is 0 Å². The number of aryl methyl sites for hydroxylation is 2. The Hall–Kier alpha value is -2.09. The van der Waals surface area contributed by atoms with E-state index in [0.29, 0.717) is 0 Å². The molecular weight excluding hydrogens is 464 g/mol. The van der Waals surface area contributed by atoms with E-state index in [1.807, 2.05) is 30.1 Å². The third-order valence-electron chi connectivity index (χ3n) is 7.13. The molecule has 0 saturated carbocycles. The van der Waals surface area contributed by atoms with Gasteiger partial charge < -0.3 is 14.7 Å². The summed E-state index contributed by atoms with van der Waals surface area (Å²) in [5.41, 5.74) is 3.37. The Labute approximate surface area is 210 Å². The van der Waals surface area contributed by atoms with Gasteiger partial charge in [0.05, 0.1) is 23.3 Å². The van der Waals surface area contributed by atoms with Gasteiger partial charge in [-0.3, -0.25) is 9.78 Å². The molecule has 0 atom stereocenters. The average Bonchev–Trinajstić information content (AvgIpc) is 3.35. The van der Waals surface area contributed by atoms with Crippen molar-refractivity contribution in [1.29, 1.82) is 0 Å². The number of pyridine rings is 1. The fraction of sp³-hybridized carbons (Fsp3) is 0.481. The maximum absolute atomic E-state index is 11.8. The van der Waals surface area contributed by atoms with E-state index in [-0.39, 0.29) is 11.8 Å². The summed E-state index contributed by atoms with van der Waals surface area (Å²) in [5.74, 6) is 1.26. The molecule has 2 aromatic heterocycles. The number of piperidine rings is 1. The van der Waals surface area contributed by atoms with Gasteiger partial charge in [-0.25, -0.2) is 0 Å². The van der Waals surface area contributed by atoms with Crippen molar-refractivity contribution in [3.8, 4) is 5.75 Å². The molecule has 182 valence electrons. The first kappa shape index (κ1) is 25.0. The molecule has 4 rings (SSSR count). The number of carbonyl (C=O) groups is 1. The molecule has 0 bridgehead atoms. The van der Waals surface area contributed by atoms with E-state index in [2.05, 4.69) is 40.4 Å². The van der Waals surface area contributed by atoms with Crippen molar-refractivity contribution >= 4 is 40.0 Å². The number of hydrogen-bond donors (Lipinski definition) is 1. The molecule has 0 radical (unpaired) electrons. The largest absolute Gasteiger partial charge is 0.497 e. The summed E-state index contributed by atoms with van der Waals surface area (Å²) in [5, 5.41) is 12.9. The summed E-state index contributed by atoms with van der Waals surface area (Å²) in [7, 11) is 1.69. The van der Waals surface area contributed by atoms with Gasteiger partial charge in [-0.2, -0.15) is 0 Å². The number of benzene rings is 1. The SMILES string of the molecule is COc1ccc2ncc(C)c(CCCC3(CC(=O)O)CCN(CCSc4cccs4)CC3)c2c1. The number of aromatic nitrogens is 1. The number of fused-ring (bicyclic) bond motifs is 1. The van der Waals surface area contributed by atoms with Crippen molar-refractivity contribution in [3.63, 3.8) is 0 Å². The molecular formula is C27H34N2O3S2. The summed E-state index contributed by atoms with van der Waals surface area (Å²) in [6.07, 6.45) is 7.02. The van der Waals surface area contributed by atoms with Crippen molar-refractivity contribution in [3.05, 3.63) is 53.0 Å². The average molecular weight is 499 g/mol. The second kappa shape index (κ2) is 11.6. The zero-order valence-electron chi connectivity index (χ0n) is 20.1. The Morgan fingerprint density at radius 3 is 2.82 bits per heavy atom. The van der Waals surface area contributed by atoms with Gasteiger partial charge in [0.15, 0.2) is 0 Å². The third-order valence-corrected chi connectivity index (χ3v) is 9.24. The van der Waals surface area contributed by atoms with E-state index in [4.69, 9.17) is 4.74 Å². The first-order chi connectivity index (χ1) is 16.5. The molecule has 7 heteroatoms. The number of ether oxygens (including phenoxy) is 1. The van der Waals surface area contributed by atoms with Crippen molar-refractivity contribution in [2.24, 2.45) is 5.41 Å². The molecule has 0 amide bonds. The van der Waals surface area contributed by atoms with Crippen molar-refractivity contribution in [2.75, 3.05) is 32.5 Å². The van der Waals surface area contributed by atoms with E-state index in [0.717, 1.165) is 74.1 Å². The Morgan fingerprint density at radius 1 is 1.29 bits per heavy atom. The number of nitrogens with zero attached hydrogens (tertiary/aromatic N) is 2. The van der Waals surface area contributed by atoms with Crippen LogP contribution in [0.1, 0.15) is 43.2 Å².